The Kier molecular flexibility index (Phi) is 2.38. The Balaban J connectivity index is 2.37. The molecule has 1 aromatic rings. The lowest BCUT2D eigenvalue weighted by Crippen LogP contribution is -2.22. The predicted molar refractivity (Wildman–Crippen MR) is 48.8 cm³/mol. The fourth-order valence-corrected chi connectivity index (χ4v) is 1.59. The van der Waals surface area contributed by atoms with Crippen LogP contribution in [0.3, 0.4) is 0 Å². The first-order valence-corrected chi connectivity index (χ1v) is 4.56. The van der Waals surface area contributed by atoms with Gasteiger partial charge in [-0.3, -0.25) is 9.36 Å². The largest absolute Gasteiger partial charge is 0.358 e. The van der Waals surface area contributed by atoms with Gasteiger partial charge in [0.25, 0.3) is 5.56 Å². The molecule has 4 heteroatoms. The molecule has 1 aliphatic rings. The summed E-state index contributed by atoms with van der Waals surface area (Å²) in [5.41, 5.74) is -0.115. The fraction of sp³-hybridized carbons (Fsp3) is 0.444. The number of pyridine rings is 1. The van der Waals surface area contributed by atoms with Crippen molar-refractivity contribution in [1.82, 2.24) is 4.57 Å². The zero-order valence-electron chi connectivity index (χ0n) is 7.00. The number of halogens is 1. The van der Waals surface area contributed by atoms with E-state index in [2.05, 4.69) is 6.07 Å². The zero-order chi connectivity index (χ0) is 9.26. The molecule has 1 aliphatic heterocycles. The lowest BCUT2D eigenvalue weighted by atomic mass is 10.3. The minimum Gasteiger partial charge on any atom is -0.358 e. The van der Waals surface area contributed by atoms with Crippen molar-refractivity contribution in [3.63, 3.8) is 0 Å². The van der Waals surface area contributed by atoms with Crippen molar-refractivity contribution in [2.24, 2.45) is 0 Å². The Morgan fingerprint density at radius 3 is 3.23 bits per heavy atom. The van der Waals surface area contributed by atoms with E-state index in [-0.39, 0.29) is 11.8 Å². The van der Waals surface area contributed by atoms with Crippen molar-refractivity contribution >= 4 is 11.6 Å². The number of hydrogen-bond acceptors (Lipinski definition) is 2. The Morgan fingerprint density at radius 1 is 1.69 bits per heavy atom. The Bertz CT molecular complexity index is 355. The summed E-state index contributed by atoms with van der Waals surface area (Å²) in [5, 5.41) is 0.440. The van der Waals surface area contributed by atoms with Crippen LogP contribution in [0.4, 0.5) is 0 Å². The van der Waals surface area contributed by atoms with Gasteiger partial charge in [-0.25, -0.2) is 0 Å². The van der Waals surface area contributed by atoms with E-state index in [1.807, 2.05) is 0 Å². The van der Waals surface area contributed by atoms with Crippen LogP contribution in [0, 0.1) is 6.07 Å². The van der Waals surface area contributed by atoms with Crippen LogP contribution < -0.4 is 5.56 Å². The average molecular weight is 199 g/mol. The molecule has 0 aliphatic carbocycles. The van der Waals surface area contributed by atoms with Crippen LogP contribution in [0.2, 0.25) is 5.02 Å². The highest BCUT2D eigenvalue weighted by Crippen LogP contribution is 2.21. The molecule has 0 saturated carbocycles. The molecule has 0 spiro atoms. The lowest BCUT2D eigenvalue weighted by Gasteiger charge is -2.12. The van der Waals surface area contributed by atoms with Gasteiger partial charge >= 0.3 is 0 Å². The third-order valence-corrected chi connectivity index (χ3v) is 2.26. The molecule has 1 unspecified atom stereocenters. The minimum atomic E-state index is -0.139. The number of hydrogen-bond donors (Lipinski definition) is 0. The average Bonchev–Trinajstić information content (AvgIpc) is 2.61. The summed E-state index contributed by atoms with van der Waals surface area (Å²) < 4.78 is 6.88. The Morgan fingerprint density at radius 2 is 2.54 bits per heavy atom. The van der Waals surface area contributed by atoms with Gasteiger partial charge in [0, 0.05) is 24.9 Å². The molecule has 13 heavy (non-hydrogen) atoms. The van der Waals surface area contributed by atoms with Gasteiger partial charge in [0.1, 0.15) is 6.23 Å². The quantitative estimate of drug-likeness (QED) is 0.687. The molecular weight excluding hydrogens is 190 g/mol. The Hall–Kier alpha value is -0.800. The van der Waals surface area contributed by atoms with Gasteiger partial charge in [-0.2, -0.15) is 0 Å². The fourth-order valence-electron chi connectivity index (χ4n) is 1.43. The number of rotatable bonds is 1. The van der Waals surface area contributed by atoms with E-state index in [4.69, 9.17) is 16.3 Å². The first kappa shape index (κ1) is 8.78. The molecule has 1 saturated heterocycles. The van der Waals surface area contributed by atoms with Crippen molar-refractivity contribution in [1.29, 1.82) is 0 Å². The third-order valence-electron chi connectivity index (χ3n) is 2.06. The molecule has 0 N–H and O–H groups in total. The van der Waals surface area contributed by atoms with Crippen LogP contribution in [0.25, 0.3) is 0 Å². The van der Waals surface area contributed by atoms with Crippen LogP contribution in [0.1, 0.15) is 19.1 Å². The monoisotopic (exact) mass is 198 g/mol. The number of aromatic nitrogens is 1. The molecule has 3 nitrogen and oxygen atoms in total. The van der Waals surface area contributed by atoms with Gasteiger partial charge < -0.3 is 4.74 Å². The van der Waals surface area contributed by atoms with Crippen molar-refractivity contribution in [2.75, 3.05) is 6.61 Å². The van der Waals surface area contributed by atoms with Crippen LogP contribution in [0.15, 0.2) is 17.1 Å². The highest BCUT2D eigenvalue weighted by atomic mass is 35.5. The summed E-state index contributed by atoms with van der Waals surface area (Å²) in [5.74, 6) is 0. The van der Waals surface area contributed by atoms with Gasteiger partial charge in [-0.15, -0.1) is 0 Å². The van der Waals surface area contributed by atoms with Gasteiger partial charge in [0.2, 0.25) is 0 Å². The maximum absolute atomic E-state index is 11.4. The second kappa shape index (κ2) is 3.52. The van der Waals surface area contributed by atoms with Crippen molar-refractivity contribution < 1.29 is 4.74 Å². The van der Waals surface area contributed by atoms with Gasteiger partial charge in [0.15, 0.2) is 0 Å². The highest BCUT2D eigenvalue weighted by Gasteiger charge is 2.17. The summed E-state index contributed by atoms with van der Waals surface area (Å²) in [7, 11) is 0. The minimum absolute atomic E-state index is 0.115. The second-order valence-corrected chi connectivity index (χ2v) is 3.39. The second-order valence-electron chi connectivity index (χ2n) is 2.98. The summed E-state index contributed by atoms with van der Waals surface area (Å²) in [6, 6.07) is 3.98. The molecule has 1 atom stereocenters. The first-order valence-electron chi connectivity index (χ1n) is 4.18. The standard InChI is InChI=1S/C9H9ClNO2/c10-7-3-4-8(12)11(6-7)9-2-1-5-13-9/h4,6,9H,1-2,5H2. The highest BCUT2D eigenvalue weighted by molar-refractivity contribution is 6.30. The molecule has 1 radical (unpaired) electrons. The van der Waals surface area contributed by atoms with E-state index in [1.54, 1.807) is 6.20 Å². The molecule has 69 valence electrons. The van der Waals surface area contributed by atoms with E-state index >= 15 is 0 Å². The molecule has 0 aromatic carbocycles. The van der Waals surface area contributed by atoms with Gasteiger partial charge in [-0.05, 0) is 12.8 Å². The van der Waals surface area contributed by atoms with Crippen LogP contribution in [-0.4, -0.2) is 11.2 Å². The molecule has 1 fully saturated rings. The predicted octanol–water partition coefficient (Wildman–Crippen LogP) is 1.61. The lowest BCUT2D eigenvalue weighted by molar-refractivity contribution is 0.0538. The SMILES string of the molecule is O=c1c[c]c(Cl)cn1C1CCCO1. The topological polar surface area (TPSA) is 31.2 Å². The van der Waals surface area contributed by atoms with E-state index < -0.39 is 0 Å². The van der Waals surface area contributed by atoms with E-state index in [1.165, 1.54) is 10.6 Å². The zero-order valence-corrected chi connectivity index (χ0v) is 7.75. The van der Waals surface area contributed by atoms with Crippen molar-refractivity contribution in [2.45, 2.75) is 19.1 Å². The van der Waals surface area contributed by atoms with Crippen molar-refractivity contribution in [3.8, 4) is 0 Å². The molecule has 2 rings (SSSR count). The van der Waals surface area contributed by atoms with Gasteiger partial charge in [-0.1, -0.05) is 11.6 Å². The summed E-state index contributed by atoms with van der Waals surface area (Å²) in [6.07, 6.45) is 3.30. The Labute approximate surface area is 80.9 Å². The number of nitrogens with zero attached hydrogens (tertiary/aromatic N) is 1. The van der Waals surface area contributed by atoms with Gasteiger partial charge in [0.05, 0.1) is 5.02 Å². The van der Waals surface area contributed by atoms with Crippen molar-refractivity contribution in [3.05, 3.63) is 33.7 Å². The number of ether oxygens (including phenoxy) is 1. The normalized spacial score (nSPS) is 22.1. The first-order chi connectivity index (χ1) is 6.27. The summed E-state index contributed by atoms with van der Waals surface area (Å²) >= 11 is 5.72. The third kappa shape index (κ3) is 1.76. The summed E-state index contributed by atoms with van der Waals surface area (Å²) in [4.78, 5) is 11.4. The van der Waals surface area contributed by atoms with E-state index in [0.29, 0.717) is 11.6 Å². The molecule has 0 bridgehead atoms. The van der Waals surface area contributed by atoms with E-state index in [9.17, 15) is 4.79 Å². The molecular formula is C9H9ClNO2. The smallest absolute Gasteiger partial charge is 0.253 e. The molecule has 1 aromatic heterocycles. The molecule has 2 heterocycles. The summed E-state index contributed by atoms with van der Waals surface area (Å²) in [6.45, 7) is 0.716. The molecule has 0 amide bonds. The maximum Gasteiger partial charge on any atom is 0.253 e. The van der Waals surface area contributed by atoms with E-state index in [0.717, 1.165) is 12.8 Å². The maximum atomic E-state index is 11.4. The van der Waals surface area contributed by atoms with Crippen LogP contribution in [-0.2, 0) is 4.74 Å². The van der Waals surface area contributed by atoms with Crippen LogP contribution in [0.5, 0.6) is 0 Å². The van der Waals surface area contributed by atoms with Crippen LogP contribution >= 0.6 is 11.6 Å².